The van der Waals surface area contributed by atoms with Crippen LogP contribution < -0.4 is 5.32 Å². The average molecular weight is 333 g/mol. The highest BCUT2D eigenvalue weighted by molar-refractivity contribution is 5.75. The maximum absolute atomic E-state index is 12.6. The summed E-state index contributed by atoms with van der Waals surface area (Å²) in [5.41, 5.74) is 0.227. The van der Waals surface area contributed by atoms with Crippen LogP contribution in [0.4, 0.5) is 4.79 Å². The van der Waals surface area contributed by atoms with Crippen molar-refractivity contribution < 1.29 is 9.53 Å². The summed E-state index contributed by atoms with van der Waals surface area (Å²) in [5, 5.41) is 7.51. The minimum atomic E-state index is 0.0956. The zero-order valence-electron chi connectivity index (χ0n) is 14.4. The van der Waals surface area contributed by atoms with Gasteiger partial charge in [0.2, 0.25) is 0 Å². The van der Waals surface area contributed by atoms with Gasteiger partial charge in [0.1, 0.15) is 12.7 Å². The third kappa shape index (κ3) is 2.59. The number of ether oxygens (including phenoxy) is 1. The molecule has 1 aromatic heterocycles. The number of amides is 2. The highest BCUT2D eigenvalue weighted by Crippen LogP contribution is 2.57. The Morgan fingerprint density at radius 1 is 1.38 bits per heavy atom. The number of urea groups is 1. The van der Waals surface area contributed by atoms with E-state index in [0.717, 1.165) is 39.0 Å². The van der Waals surface area contributed by atoms with Crippen LogP contribution in [0.15, 0.2) is 12.7 Å². The van der Waals surface area contributed by atoms with Gasteiger partial charge in [-0.05, 0) is 39.0 Å². The van der Waals surface area contributed by atoms with Gasteiger partial charge in [-0.25, -0.2) is 14.5 Å². The first kappa shape index (κ1) is 15.9. The number of carbonyl (C=O) groups is 1. The molecule has 1 spiro atoms. The van der Waals surface area contributed by atoms with Gasteiger partial charge in [0, 0.05) is 31.2 Å². The maximum atomic E-state index is 12.6. The maximum Gasteiger partial charge on any atom is 0.317 e. The fourth-order valence-corrected chi connectivity index (χ4v) is 4.62. The molecule has 132 valence electrons. The molecule has 1 saturated heterocycles. The second kappa shape index (κ2) is 6.35. The average Bonchev–Trinajstić information content (AvgIpc) is 3.06. The smallest absolute Gasteiger partial charge is 0.317 e. The highest BCUT2D eigenvalue weighted by atomic mass is 16.5. The molecule has 3 fully saturated rings. The standard InChI is InChI=1S/C17H27N5O2/c1-2-24-15-10-14(17(15)6-3-7-17)20-16(23)21-8-4-13(5-9-21)22-12-18-11-19-22/h11-15H,2-10H2,1H3,(H,20,23)/t14-,15-/m1/s1. The summed E-state index contributed by atoms with van der Waals surface area (Å²) in [5.74, 6) is 0. The lowest BCUT2D eigenvalue weighted by molar-refractivity contribution is -0.170. The molecule has 3 aliphatic rings. The number of nitrogens with one attached hydrogen (secondary N) is 1. The van der Waals surface area contributed by atoms with Gasteiger partial charge in [-0.2, -0.15) is 5.10 Å². The van der Waals surface area contributed by atoms with Crippen LogP contribution in [-0.4, -0.2) is 57.5 Å². The molecule has 1 aliphatic heterocycles. The molecule has 7 nitrogen and oxygen atoms in total. The Morgan fingerprint density at radius 3 is 2.75 bits per heavy atom. The summed E-state index contributed by atoms with van der Waals surface area (Å²) in [7, 11) is 0. The first-order valence-electron chi connectivity index (χ1n) is 9.24. The van der Waals surface area contributed by atoms with E-state index in [2.05, 4.69) is 22.3 Å². The van der Waals surface area contributed by atoms with Crippen molar-refractivity contribution in [2.75, 3.05) is 19.7 Å². The van der Waals surface area contributed by atoms with E-state index in [4.69, 9.17) is 4.74 Å². The van der Waals surface area contributed by atoms with Crippen LogP contribution >= 0.6 is 0 Å². The molecular weight excluding hydrogens is 306 g/mol. The van der Waals surface area contributed by atoms with Crippen molar-refractivity contribution in [2.24, 2.45) is 5.41 Å². The Bertz CT molecular complexity index is 564. The fraction of sp³-hybridized carbons (Fsp3) is 0.824. The summed E-state index contributed by atoms with van der Waals surface area (Å²) in [4.78, 5) is 18.6. The Kier molecular flexibility index (Phi) is 4.20. The van der Waals surface area contributed by atoms with E-state index in [1.165, 1.54) is 19.3 Å². The molecule has 0 radical (unpaired) electrons. The van der Waals surface area contributed by atoms with Crippen molar-refractivity contribution in [1.29, 1.82) is 0 Å². The Balaban J connectivity index is 1.28. The second-order valence-electron chi connectivity index (χ2n) is 7.36. The van der Waals surface area contributed by atoms with Gasteiger partial charge < -0.3 is 15.0 Å². The molecule has 2 saturated carbocycles. The number of piperidine rings is 1. The number of aromatic nitrogens is 3. The van der Waals surface area contributed by atoms with E-state index in [1.807, 2.05) is 9.58 Å². The molecule has 0 unspecified atom stereocenters. The second-order valence-corrected chi connectivity index (χ2v) is 7.36. The lowest BCUT2D eigenvalue weighted by Gasteiger charge is -2.61. The van der Waals surface area contributed by atoms with Crippen molar-refractivity contribution >= 4 is 6.03 Å². The van der Waals surface area contributed by atoms with Crippen LogP contribution in [0.25, 0.3) is 0 Å². The first-order valence-corrected chi connectivity index (χ1v) is 9.24. The fourth-order valence-electron chi connectivity index (χ4n) is 4.62. The van der Waals surface area contributed by atoms with Gasteiger partial charge in [0.15, 0.2) is 0 Å². The van der Waals surface area contributed by atoms with Crippen molar-refractivity contribution in [3.8, 4) is 0 Å². The van der Waals surface area contributed by atoms with Crippen molar-refractivity contribution in [1.82, 2.24) is 25.0 Å². The molecular formula is C17H27N5O2. The molecule has 1 aromatic rings. The minimum absolute atomic E-state index is 0.0956. The Hall–Kier alpha value is -1.63. The van der Waals surface area contributed by atoms with E-state index in [-0.39, 0.29) is 11.4 Å². The third-order valence-electron chi connectivity index (χ3n) is 6.30. The highest BCUT2D eigenvalue weighted by Gasteiger charge is 2.59. The van der Waals surface area contributed by atoms with Crippen molar-refractivity contribution in [2.45, 2.75) is 63.6 Å². The van der Waals surface area contributed by atoms with Gasteiger partial charge in [-0.3, -0.25) is 0 Å². The SMILES string of the molecule is CCO[C@@H]1C[C@@H](NC(=O)N2CCC(n3cncn3)CC2)C12CCC2. The van der Waals surface area contributed by atoms with Crippen molar-refractivity contribution in [3.63, 3.8) is 0 Å². The normalized spacial score (nSPS) is 29.1. The van der Waals surface area contributed by atoms with Gasteiger partial charge in [-0.15, -0.1) is 0 Å². The molecule has 0 bridgehead atoms. The number of hydrogen-bond donors (Lipinski definition) is 1. The molecule has 2 aliphatic carbocycles. The zero-order valence-corrected chi connectivity index (χ0v) is 14.4. The molecule has 7 heteroatoms. The summed E-state index contributed by atoms with van der Waals surface area (Å²) in [6.07, 6.45) is 10.2. The molecule has 2 heterocycles. The van der Waals surface area contributed by atoms with Crippen LogP contribution in [0.2, 0.25) is 0 Å². The number of nitrogens with zero attached hydrogens (tertiary/aromatic N) is 4. The van der Waals surface area contributed by atoms with Gasteiger partial charge >= 0.3 is 6.03 Å². The topological polar surface area (TPSA) is 72.3 Å². The lowest BCUT2D eigenvalue weighted by Crippen LogP contribution is -2.68. The minimum Gasteiger partial charge on any atom is -0.378 e. The van der Waals surface area contributed by atoms with Gasteiger partial charge in [0.05, 0.1) is 12.1 Å². The third-order valence-corrected chi connectivity index (χ3v) is 6.30. The number of likely N-dealkylation sites (tertiary alicyclic amines) is 1. The molecule has 2 amide bonds. The van der Waals surface area contributed by atoms with Crippen molar-refractivity contribution in [3.05, 3.63) is 12.7 Å². The largest absolute Gasteiger partial charge is 0.378 e. The molecule has 4 rings (SSSR count). The predicted molar refractivity (Wildman–Crippen MR) is 88.5 cm³/mol. The van der Waals surface area contributed by atoms with E-state index < -0.39 is 0 Å². The number of hydrogen-bond acceptors (Lipinski definition) is 4. The zero-order chi connectivity index (χ0) is 16.6. The van der Waals surface area contributed by atoms with Crippen LogP contribution in [0.1, 0.15) is 51.5 Å². The predicted octanol–water partition coefficient (Wildman–Crippen LogP) is 1.97. The lowest BCUT2D eigenvalue weighted by atomic mass is 9.51. The van der Waals surface area contributed by atoms with E-state index >= 15 is 0 Å². The first-order chi connectivity index (χ1) is 11.7. The quantitative estimate of drug-likeness (QED) is 0.914. The molecule has 2 atom stereocenters. The molecule has 0 aromatic carbocycles. The van der Waals surface area contributed by atoms with Crippen LogP contribution in [0, 0.1) is 5.41 Å². The molecule has 24 heavy (non-hydrogen) atoms. The summed E-state index contributed by atoms with van der Waals surface area (Å²) >= 11 is 0. The number of carbonyl (C=O) groups excluding carboxylic acids is 1. The monoisotopic (exact) mass is 333 g/mol. The summed E-state index contributed by atoms with van der Waals surface area (Å²) in [6.45, 7) is 4.39. The van der Waals surface area contributed by atoms with Gasteiger partial charge in [-0.1, -0.05) is 6.42 Å². The molecule has 1 N–H and O–H groups in total. The van der Waals surface area contributed by atoms with Crippen LogP contribution in [-0.2, 0) is 4.74 Å². The van der Waals surface area contributed by atoms with E-state index in [0.29, 0.717) is 18.2 Å². The summed E-state index contributed by atoms with van der Waals surface area (Å²) in [6, 6.07) is 0.752. The number of rotatable bonds is 4. The van der Waals surface area contributed by atoms with Crippen LogP contribution in [0.3, 0.4) is 0 Å². The van der Waals surface area contributed by atoms with Gasteiger partial charge in [0.25, 0.3) is 0 Å². The Morgan fingerprint density at radius 2 is 2.17 bits per heavy atom. The summed E-state index contributed by atoms with van der Waals surface area (Å²) < 4.78 is 7.78. The van der Waals surface area contributed by atoms with Crippen LogP contribution in [0.5, 0.6) is 0 Å². The Labute approximate surface area is 142 Å². The van der Waals surface area contributed by atoms with E-state index in [9.17, 15) is 4.79 Å². The van der Waals surface area contributed by atoms with E-state index in [1.54, 1.807) is 12.7 Å².